The number of hydrogen-bond donors (Lipinski definition) is 2. The van der Waals surface area contributed by atoms with Crippen molar-refractivity contribution in [3.05, 3.63) is 18.2 Å². The molecule has 4 nitrogen and oxygen atoms in total. The lowest BCUT2D eigenvalue weighted by molar-refractivity contribution is 0.101. The van der Waals surface area contributed by atoms with Gasteiger partial charge < -0.3 is 15.0 Å². The first-order chi connectivity index (χ1) is 7.70. The molecule has 90 valence electrons. The van der Waals surface area contributed by atoms with Crippen molar-refractivity contribution in [2.75, 3.05) is 6.54 Å². The lowest BCUT2D eigenvalue weighted by Gasteiger charge is -2.28. The number of piperidine rings is 1. The van der Waals surface area contributed by atoms with E-state index in [1.807, 2.05) is 10.8 Å². The smallest absolute Gasteiger partial charge is 0.139 e. The van der Waals surface area contributed by atoms with Crippen LogP contribution in [0.3, 0.4) is 0 Å². The van der Waals surface area contributed by atoms with E-state index < -0.39 is 6.10 Å². The predicted octanol–water partition coefficient (Wildman–Crippen LogP) is 1.64. The Bertz CT molecular complexity index is 329. The van der Waals surface area contributed by atoms with Gasteiger partial charge >= 0.3 is 0 Å². The summed E-state index contributed by atoms with van der Waals surface area (Å²) < 4.78 is 2.04. The number of imidazole rings is 1. The average Bonchev–Trinajstić information content (AvgIpc) is 2.78. The van der Waals surface area contributed by atoms with Crippen molar-refractivity contribution in [1.82, 2.24) is 14.9 Å². The predicted molar refractivity (Wildman–Crippen MR) is 63.2 cm³/mol. The average molecular weight is 223 g/mol. The highest BCUT2D eigenvalue weighted by atomic mass is 16.3. The van der Waals surface area contributed by atoms with Crippen LogP contribution in [0.25, 0.3) is 0 Å². The standard InChI is InChI=1S/C12H21N3O/c1-9(2)15-8-7-14-12(15)11(16)10-5-3-4-6-13-10/h7-11,13,16H,3-6H2,1-2H3. The second-order valence-corrected chi connectivity index (χ2v) is 4.79. The summed E-state index contributed by atoms with van der Waals surface area (Å²) in [5, 5.41) is 13.7. The molecule has 0 radical (unpaired) electrons. The van der Waals surface area contributed by atoms with Gasteiger partial charge in [0, 0.05) is 24.5 Å². The second-order valence-electron chi connectivity index (χ2n) is 4.79. The first-order valence-corrected chi connectivity index (χ1v) is 6.14. The number of aliphatic hydroxyl groups is 1. The molecule has 0 aliphatic carbocycles. The summed E-state index contributed by atoms with van der Waals surface area (Å²) in [7, 11) is 0. The topological polar surface area (TPSA) is 50.1 Å². The summed E-state index contributed by atoms with van der Waals surface area (Å²) in [5.41, 5.74) is 0. The number of nitrogens with one attached hydrogen (secondary N) is 1. The van der Waals surface area contributed by atoms with Gasteiger partial charge in [0.1, 0.15) is 11.9 Å². The fraction of sp³-hybridized carbons (Fsp3) is 0.750. The quantitative estimate of drug-likeness (QED) is 0.819. The summed E-state index contributed by atoms with van der Waals surface area (Å²) >= 11 is 0. The molecular formula is C12H21N3O. The molecule has 0 saturated carbocycles. The van der Waals surface area contributed by atoms with Gasteiger partial charge in [-0.05, 0) is 33.2 Å². The van der Waals surface area contributed by atoms with Crippen molar-refractivity contribution in [3.63, 3.8) is 0 Å². The SMILES string of the molecule is CC(C)n1ccnc1C(O)C1CCCCN1. The molecule has 0 spiro atoms. The molecule has 2 unspecified atom stereocenters. The Morgan fingerprint density at radius 3 is 2.94 bits per heavy atom. The number of aromatic nitrogens is 2. The molecule has 1 fully saturated rings. The lowest BCUT2D eigenvalue weighted by atomic mass is 9.99. The second kappa shape index (κ2) is 4.97. The number of nitrogens with zero attached hydrogens (tertiary/aromatic N) is 2. The molecule has 0 aromatic carbocycles. The zero-order chi connectivity index (χ0) is 11.5. The number of aliphatic hydroxyl groups excluding tert-OH is 1. The van der Waals surface area contributed by atoms with Crippen LogP contribution in [0.5, 0.6) is 0 Å². The first kappa shape index (κ1) is 11.6. The van der Waals surface area contributed by atoms with Crippen molar-refractivity contribution >= 4 is 0 Å². The molecular weight excluding hydrogens is 202 g/mol. The highest BCUT2D eigenvalue weighted by Gasteiger charge is 2.26. The van der Waals surface area contributed by atoms with E-state index in [-0.39, 0.29) is 6.04 Å². The molecule has 1 saturated heterocycles. The van der Waals surface area contributed by atoms with Crippen LogP contribution >= 0.6 is 0 Å². The monoisotopic (exact) mass is 223 g/mol. The van der Waals surface area contributed by atoms with E-state index in [0.29, 0.717) is 6.04 Å². The maximum Gasteiger partial charge on any atom is 0.139 e. The molecule has 1 aromatic heterocycles. The van der Waals surface area contributed by atoms with Crippen LogP contribution in [0.15, 0.2) is 12.4 Å². The summed E-state index contributed by atoms with van der Waals surface area (Å²) in [4.78, 5) is 4.29. The molecule has 4 heteroatoms. The van der Waals surface area contributed by atoms with Crippen LogP contribution in [0.1, 0.15) is 51.1 Å². The first-order valence-electron chi connectivity index (χ1n) is 6.14. The van der Waals surface area contributed by atoms with Crippen molar-refractivity contribution < 1.29 is 5.11 Å². The Morgan fingerprint density at radius 1 is 1.50 bits per heavy atom. The minimum atomic E-state index is -0.488. The summed E-state index contributed by atoms with van der Waals surface area (Å²) in [6.07, 6.45) is 6.65. The highest BCUT2D eigenvalue weighted by Crippen LogP contribution is 2.23. The van der Waals surface area contributed by atoms with Crippen LogP contribution < -0.4 is 5.32 Å². The highest BCUT2D eigenvalue weighted by molar-refractivity contribution is 5.02. The van der Waals surface area contributed by atoms with Gasteiger partial charge in [0.05, 0.1) is 0 Å². The Kier molecular flexibility index (Phi) is 3.61. The maximum absolute atomic E-state index is 10.3. The molecule has 0 amide bonds. The molecule has 1 aliphatic heterocycles. The number of rotatable bonds is 3. The third kappa shape index (κ3) is 2.28. The van der Waals surface area contributed by atoms with E-state index in [2.05, 4.69) is 24.1 Å². The van der Waals surface area contributed by atoms with Gasteiger partial charge in [-0.3, -0.25) is 0 Å². The van der Waals surface area contributed by atoms with Crippen molar-refractivity contribution in [3.8, 4) is 0 Å². The molecule has 2 rings (SSSR count). The van der Waals surface area contributed by atoms with Gasteiger partial charge in [0.2, 0.25) is 0 Å². The van der Waals surface area contributed by atoms with Gasteiger partial charge in [0.25, 0.3) is 0 Å². The van der Waals surface area contributed by atoms with E-state index in [9.17, 15) is 5.11 Å². The zero-order valence-electron chi connectivity index (χ0n) is 10.1. The molecule has 2 N–H and O–H groups in total. The third-order valence-corrected chi connectivity index (χ3v) is 3.25. The maximum atomic E-state index is 10.3. The molecule has 16 heavy (non-hydrogen) atoms. The van der Waals surface area contributed by atoms with Gasteiger partial charge in [-0.2, -0.15) is 0 Å². The Balaban J connectivity index is 2.12. The van der Waals surface area contributed by atoms with E-state index in [1.54, 1.807) is 6.20 Å². The summed E-state index contributed by atoms with van der Waals surface area (Å²) in [6, 6.07) is 0.504. The van der Waals surface area contributed by atoms with E-state index in [4.69, 9.17) is 0 Å². The minimum absolute atomic E-state index is 0.161. The van der Waals surface area contributed by atoms with Gasteiger partial charge in [0.15, 0.2) is 0 Å². The normalized spacial score (nSPS) is 23.6. The van der Waals surface area contributed by atoms with Crippen LogP contribution in [0.2, 0.25) is 0 Å². The van der Waals surface area contributed by atoms with E-state index >= 15 is 0 Å². The van der Waals surface area contributed by atoms with Crippen LogP contribution in [0.4, 0.5) is 0 Å². The largest absolute Gasteiger partial charge is 0.384 e. The fourth-order valence-corrected chi connectivity index (χ4v) is 2.32. The van der Waals surface area contributed by atoms with Crippen molar-refractivity contribution in [2.45, 2.75) is 51.3 Å². The van der Waals surface area contributed by atoms with Gasteiger partial charge in [-0.1, -0.05) is 6.42 Å². The summed E-state index contributed by atoms with van der Waals surface area (Å²) in [5.74, 6) is 0.786. The molecule has 1 aromatic rings. The Morgan fingerprint density at radius 2 is 2.31 bits per heavy atom. The van der Waals surface area contributed by atoms with Crippen molar-refractivity contribution in [1.29, 1.82) is 0 Å². The lowest BCUT2D eigenvalue weighted by Crippen LogP contribution is -2.39. The van der Waals surface area contributed by atoms with Crippen LogP contribution in [-0.2, 0) is 0 Å². The minimum Gasteiger partial charge on any atom is -0.384 e. The number of hydrogen-bond acceptors (Lipinski definition) is 3. The van der Waals surface area contributed by atoms with E-state index in [0.717, 1.165) is 18.8 Å². The molecule has 1 aliphatic rings. The summed E-state index contributed by atoms with van der Waals surface area (Å²) in [6.45, 7) is 5.21. The Labute approximate surface area is 96.7 Å². The van der Waals surface area contributed by atoms with Gasteiger partial charge in [-0.25, -0.2) is 4.98 Å². The van der Waals surface area contributed by atoms with Crippen molar-refractivity contribution in [2.24, 2.45) is 0 Å². The molecule has 2 atom stereocenters. The third-order valence-electron chi connectivity index (χ3n) is 3.25. The molecule has 2 heterocycles. The zero-order valence-corrected chi connectivity index (χ0v) is 10.1. The van der Waals surface area contributed by atoms with Crippen LogP contribution in [-0.4, -0.2) is 27.2 Å². The molecule has 0 bridgehead atoms. The van der Waals surface area contributed by atoms with Crippen LogP contribution in [0, 0.1) is 0 Å². The van der Waals surface area contributed by atoms with Gasteiger partial charge in [-0.15, -0.1) is 0 Å². The fourth-order valence-electron chi connectivity index (χ4n) is 2.32. The van der Waals surface area contributed by atoms with E-state index in [1.165, 1.54) is 12.8 Å². The Hall–Kier alpha value is -0.870.